The zero-order valence-electron chi connectivity index (χ0n) is 10.2. The summed E-state index contributed by atoms with van der Waals surface area (Å²) in [7, 11) is 1.85. The predicted octanol–water partition coefficient (Wildman–Crippen LogP) is 1.32. The Balaban J connectivity index is 1.96. The van der Waals surface area contributed by atoms with Gasteiger partial charge in [0, 0.05) is 19.6 Å². The van der Waals surface area contributed by atoms with Gasteiger partial charge in [0.05, 0.1) is 13.2 Å². The summed E-state index contributed by atoms with van der Waals surface area (Å²) in [6, 6.07) is 0.615. The van der Waals surface area contributed by atoms with Crippen LogP contribution in [-0.2, 0) is 6.54 Å². The lowest BCUT2D eigenvalue weighted by molar-refractivity contribution is 0.144. The van der Waals surface area contributed by atoms with Crippen LogP contribution >= 0.6 is 11.3 Å². The molecule has 0 aromatic carbocycles. The minimum Gasteiger partial charge on any atom is -0.395 e. The lowest BCUT2D eigenvalue weighted by atomic mass is 10.2. The third kappa shape index (κ3) is 3.37. The Hall–Kier alpha value is -0.720. The number of aromatic nitrogens is 2. The lowest BCUT2D eigenvalue weighted by Crippen LogP contribution is -2.35. The molecule has 2 rings (SSSR count). The monoisotopic (exact) mass is 256 g/mol. The first-order valence-electron chi connectivity index (χ1n) is 6.18. The van der Waals surface area contributed by atoms with Crippen LogP contribution in [0.2, 0.25) is 0 Å². The van der Waals surface area contributed by atoms with Crippen molar-refractivity contribution in [3.8, 4) is 0 Å². The highest BCUT2D eigenvalue weighted by Crippen LogP contribution is 2.25. The first-order valence-corrected chi connectivity index (χ1v) is 7.00. The van der Waals surface area contributed by atoms with Crippen LogP contribution < -0.4 is 5.32 Å². The van der Waals surface area contributed by atoms with E-state index in [1.807, 2.05) is 7.05 Å². The first kappa shape index (κ1) is 12.7. The summed E-state index contributed by atoms with van der Waals surface area (Å²) in [6.07, 6.45) is 5.12. The molecule has 0 saturated heterocycles. The number of rotatable bonds is 6. The van der Waals surface area contributed by atoms with Gasteiger partial charge >= 0.3 is 0 Å². The quantitative estimate of drug-likeness (QED) is 0.804. The van der Waals surface area contributed by atoms with Gasteiger partial charge in [-0.2, -0.15) is 0 Å². The number of anilines is 1. The molecule has 0 atom stereocenters. The third-order valence-electron chi connectivity index (χ3n) is 3.25. The van der Waals surface area contributed by atoms with E-state index in [2.05, 4.69) is 20.4 Å². The Labute approximate surface area is 106 Å². The van der Waals surface area contributed by atoms with E-state index >= 15 is 0 Å². The molecule has 0 radical (unpaired) electrons. The van der Waals surface area contributed by atoms with Crippen molar-refractivity contribution in [3.05, 3.63) is 5.01 Å². The number of hydrogen-bond donors (Lipinski definition) is 2. The van der Waals surface area contributed by atoms with Crippen molar-refractivity contribution in [2.45, 2.75) is 38.3 Å². The summed E-state index contributed by atoms with van der Waals surface area (Å²) in [4.78, 5) is 2.34. The summed E-state index contributed by atoms with van der Waals surface area (Å²) < 4.78 is 0. The molecule has 6 heteroatoms. The Morgan fingerprint density at radius 1 is 1.41 bits per heavy atom. The molecule has 1 aliphatic rings. The topological polar surface area (TPSA) is 61.3 Å². The molecule has 0 unspecified atom stereocenters. The molecule has 0 aliphatic heterocycles. The molecule has 0 bridgehead atoms. The molecular formula is C11H20N4OS. The van der Waals surface area contributed by atoms with Crippen molar-refractivity contribution in [3.63, 3.8) is 0 Å². The zero-order valence-corrected chi connectivity index (χ0v) is 11.0. The van der Waals surface area contributed by atoms with Gasteiger partial charge < -0.3 is 10.4 Å². The van der Waals surface area contributed by atoms with Crippen LogP contribution in [-0.4, -0.2) is 46.4 Å². The van der Waals surface area contributed by atoms with E-state index in [1.165, 1.54) is 25.7 Å². The first-order chi connectivity index (χ1) is 8.33. The average molecular weight is 256 g/mol. The maximum atomic E-state index is 9.14. The summed E-state index contributed by atoms with van der Waals surface area (Å²) in [5, 5.41) is 22.2. The van der Waals surface area contributed by atoms with Crippen molar-refractivity contribution >= 4 is 16.5 Å². The third-order valence-corrected chi connectivity index (χ3v) is 4.17. The number of aliphatic hydroxyl groups excluding tert-OH is 1. The molecule has 0 amide bonds. The van der Waals surface area contributed by atoms with Gasteiger partial charge in [-0.05, 0) is 12.8 Å². The fourth-order valence-electron chi connectivity index (χ4n) is 2.38. The number of aliphatic hydroxyl groups is 1. The average Bonchev–Trinajstić information content (AvgIpc) is 2.99. The second kappa shape index (κ2) is 6.28. The summed E-state index contributed by atoms with van der Waals surface area (Å²) >= 11 is 1.59. The van der Waals surface area contributed by atoms with Crippen LogP contribution in [0.4, 0.5) is 5.13 Å². The molecule has 96 valence electrons. The van der Waals surface area contributed by atoms with Crippen molar-refractivity contribution in [2.75, 3.05) is 25.5 Å². The van der Waals surface area contributed by atoms with Crippen LogP contribution in [0.3, 0.4) is 0 Å². The van der Waals surface area contributed by atoms with Crippen molar-refractivity contribution in [2.24, 2.45) is 0 Å². The van der Waals surface area contributed by atoms with Crippen LogP contribution in [0.1, 0.15) is 30.7 Å². The van der Waals surface area contributed by atoms with Crippen LogP contribution in [0.15, 0.2) is 0 Å². The minimum absolute atomic E-state index is 0.216. The van der Waals surface area contributed by atoms with E-state index in [9.17, 15) is 0 Å². The van der Waals surface area contributed by atoms with Gasteiger partial charge in [0.2, 0.25) is 5.13 Å². The van der Waals surface area contributed by atoms with E-state index < -0.39 is 0 Å². The molecule has 1 aromatic heterocycles. The highest BCUT2D eigenvalue weighted by Gasteiger charge is 2.23. The van der Waals surface area contributed by atoms with E-state index in [0.29, 0.717) is 6.04 Å². The molecule has 1 aromatic rings. The van der Waals surface area contributed by atoms with Gasteiger partial charge in [-0.3, -0.25) is 4.90 Å². The van der Waals surface area contributed by atoms with E-state index in [0.717, 1.165) is 23.2 Å². The van der Waals surface area contributed by atoms with Crippen LogP contribution in [0.25, 0.3) is 0 Å². The Morgan fingerprint density at radius 3 is 2.76 bits per heavy atom. The standard InChI is InChI=1S/C11H20N4OS/c1-12-11-14-13-10(17-11)8-15(6-7-16)9-4-2-3-5-9/h9,16H,2-8H2,1H3,(H,12,14). The van der Waals surface area contributed by atoms with E-state index in [4.69, 9.17) is 5.11 Å². The molecule has 1 aliphatic carbocycles. The maximum absolute atomic E-state index is 9.14. The molecular weight excluding hydrogens is 236 g/mol. The minimum atomic E-state index is 0.216. The summed E-state index contributed by atoms with van der Waals surface area (Å²) in [5.74, 6) is 0. The lowest BCUT2D eigenvalue weighted by Gasteiger charge is -2.26. The smallest absolute Gasteiger partial charge is 0.205 e. The predicted molar refractivity (Wildman–Crippen MR) is 69.2 cm³/mol. The van der Waals surface area contributed by atoms with Crippen LogP contribution in [0.5, 0.6) is 0 Å². The van der Waals surface area contributed by atoms with Crippen molar-refractivity contribution < 1.29 is 5.11 Å². The fraction of sp³-hybridized carbons (Fsp3) is 0.818. The fourth-order valence-corrected chi connectivity index (χ4v) is 3.10. The van der Waals surface area contributed by atoms with Crippen molar-refractivity contribution in [1.82, 2.24) is 15.1 Å². The molecule has 1 fully saturated rings. The van der Waals surface area contributed by atoms with Gasteiger partial charge in [-0.25, -0.2) is 0 Å². The normalized spacial score (nSPS) is 16.9. The molecule has 5 nitrogen and oxygen atoms in total. The number of hydrogen-bond acceptors (Lipinski definition) is 6. The molecule has 0 spiro atoms. The van der Waals surface area contributed by atoms with Gasteiger partial charge in [0.15, 0.2) is 0 Å². The Bertz CT molecular complexity index is 338. The van der Waals surface area contributed by atoms with Gasteiger partial charge in [0.25, 0.3) is 0 Å². The van der Waals surface area contributed by atoms with E-state index in [1.54, 1.807) is 11.3 Å². The Kier molecular flexibility index (Phi) is 4.70. The molecule has 2 N–H and O–H groups in total. The van der Waals surface area contributed by atoms with Crippen LogP contribution in [0, 0.1) is 0 Å². The summed E-state index contributed by atoms with van der Waals surface area (Å²) in [6.45, 7) is 1.76. The molecule has 1 saturated carbocycles. The molecule has 17 heavy (non-hydrogen) atoms. The number of nitrogens with one attached hydrogen (secondary N) is 1. The number of nitrogens with zero attached hydrogens (tertiary/aromatic N) is 3. The Morgan fingerprint density at radius 2 is 2.18 bits per heavy atom. The van der Waals surface area contributed by atoms with Gasteiger partial charge in [-0.15, -0.1) is 10.2 Å². The SMILES string of the molecule is CNc1nnc(CN(CCO)C2CCCC2)s1. The second-order valence-electron chi connectivity index (χ2n) is 4.38. The van der Waals surface area contributed by atoms with Gasteiger partial charge in [0.1, 0.15) is 5.01 Å². The van der Waals surface area contributed by atoms with Gasteiger partial charge in [-0.1, -0.05) is 24.2 Å². The maximum Gasteiger partial charge on any atom is 0.205 e. The highest BCUT2D eigenvalue weighted by molar-refractivity contribution is 7.15. The second-order valence-corrected chi connectivity index (χ2v) is 5.45. The highest BCUT2D eigenvalue weighted by atomic mass is 32.1. The van der Waals surface area contributed by atoms with E-state index in [-0.39, 0.29) is 6.61 Å². The summed E-state index contributed by atoms with van der Waals surface area (Å²) in [5.41, 5.74) is 0. The van der Waals surface area contributed by atoms with Crippen molar-refractivity contribution in [1.29, 1.82) is 0 Å². The zero-order chi connectivity index (χ0) is 12.1. The largest absolute Gasteiger partial charge is 0.395 e. The molecule has 1 heterocycles.